The molecule has 2 heterocycles. The third-order valence-corrected chi connectivity index (χ3v) is 6.70. The topological polar surface area (TPSA) is 264 Å². The molecule has 0 bridgehead atoms. The molecule has 10 atom stereocenters. The summed E-state index contributed by atoms with van der Waals surface area (Å²) >= 11 is 0. The Morgan fingerprint density at radius 1 is 0.844 bits per heavy atom. The van der Waals surface area contributed by atoms with Crippen molar-refractivity contribution in [2.45, 2.75) is 74.9 Å². The molecule has 0 saturated carbocycles. The van der Waals surface area contributed by atoms with E-state index in [2.05, 4.69) is 5.32 Å². The number of nitrogens with one attached hydrogen (secondary N) is 1. The molecule has 1 aromatic carbocycles. The van der Waals surface area contributed by atoms with Gasteiger partial charge in [0.25, 0.3) is 0 Å². The van der Waals surface area contributed by atoms with Gasteiger partial charge >= 0.3 is 18.2 Å². The summed E-state index contributed by atoms with van der Waals surface area (Å²) in [5.41, 5.74) is 5.87. The van der Waals surface area contributed by atoms with Crippen LogP contribution in [0.3, 0.4) is 0 Å². The van der Waals surface area contributed by atoms with Crippen LogP contribution in [0.1, 0.15) is 12.5 Å². The first-order valence-corrected chi connectivity index (χ1v) is 14.0. The lowest BCUT2D eigenvalue weighted by Crippen LogP contribution is -2.66. The zero-order valence-electron chi connectivity index (χ0n) is 24.4. The summed E-state index contributed by atoms with van der Waals surface area (Å²) < 4.78 is 43.2. The van der Waals surface area contributed by atoms with Crippen molar-refractivity contribution in [3.63, 3.8) is 0 Å². The van der Waals surface area contributed by atoms with Gasteiger partial charge in [0.2, 0.25) is 0 Å². The quantitative estimate of drug-likeness (QED) is 0.0577. The molecule has 2 aliphatic rings. The van der Waals surface area contributed by atoms with E-state index in [9.17, 15) is 39.9 Å². The van der Waals surface area contributed by atoms with Crippen LogP contribution in [0.25, 0.3) is 0 Å². The number of amides is 2. The minimum atomic E-state index is -1.88. The van der Waals surface area contributed by atoms with Gasteiger partial charge in [-0.15, -0.1) is 0 Å². The van der Waals surface area contributed by atoms with Crippen molar-refractivity contribution >= 4 is 18.2 Å². The lowest BCUT2D eigenvalue weighted by atomic mass is 9.97. The smallest absolute Gasteiger partial charge is 0.407 e. The van der Waals surface area contributed by atoms with Gasteiger partial charge in [-0.3, -0.25) is 4.79 Å². The Hall–Kier alpha value is -3.17. The Bertz CT molecular complexity index is 1070. The zero-order valence-corrected chi connectivity index (χ0v) is 24.4. The molecule has 2 fully saturated rings. The lowest BCUT2D eigenvalue weighted by Gasteiger charge is -2.47. The van der Waals surface area contributed by atoms with Gasteiger partial charge in [-0.2, -0.15) is 0 Å². The summed E-state index contributed by atoms with van der Waals surface area (Å²) in [5, 5.41) is 53.8. The minimum absolute atomic E-state index is 0.0340. The van der Waals surface area contributed by atoms with Gasteiger partial charge in [0.1, 0.15) is 37.1 Å². The number of esters is 1. The molecule has 0 radical (unpaired) electrons. The number of rotatable bonds is 15. The Kier molecular flexibility index (Phi) is 14.6. The van der Waals surface area contributed by atoms with E-state index in [1.807, 2.05) is 30.3 Å². The number of nitrogens with two attached hydrogens (primary N) is 1. The van der Waals surface area contributed by atoms with Gasteiger partial charge in [-0.05, 0) is 5.56 Å². The fraction of sp³-hybridized carbons (Fsp3) is 0.667. The molecule has 18 heteroatoms. The molecular weight excluding hydrogens is 608 g/mol. The Morgan fingerprint density at radius 2 is 1.49 bits per heavy atom. The first-order chi connectivity index (χ1) is 21.5. The standard InChI is InChI=1S/C27H40N2O16/c1-14(32)41-22-19(34)17(12-31)43-25(23(22)44-24-20(35)21(45-26(28)36)18(33)16(11-30)42-24)39-10-9-38-8-7-29-27(37)40-13-15-5-3-2-4-6-15/h2-6,16-25,30-31,33-35H,7-13H2,1H3,(H2,28,36)(H,29,37)/t16-,17+,18-,19-,20+,21+,22+,23+,24?,25-/m1/s1. The highest BCUT2D eigenvalue weighted by Gasteiger charge is 2.53. The van der Waals surface area contributed by atoms with E-state index in [1.165, 1.54) is 0 Å². The number of carbonyl (C=O) groups excluding carboxylic acids is 3. The second-order valence-electron chi connectivity index (χ2n) is 9.97. The van der Waals surface area contributed by atoms with Crippen molar-refractivity contribution in [3.05, 3.63) is 35.9 Å². The molecule has 0 aliphatic carbocycles. The molecule has 45 heavy (non-hydrogen) atoms. The molecule has 2 saturated heterocycles. The minimum Gasteiger partial charge on any atom is -0.457 e. The Labute approximate surface area is 257 Å². The molecule has 1 aromatic rings. The molecule has 2 aliphatic heterocycles. The van der Waals surface area contributed by atoms with E-state index in [0.29, 0.717) is 0 Å². The summed E-state index contributed by atoms with van der Waals surface area (Å²) in [5.74, 6) is -0.841. The largest absolute Gasteiger partial charge is 0.457 e. The third-order valence-electron chi connectivity index (χ3n) is 6.70. The van der Waals surface area contributed by atoms with Crippen LogP contribution in [-0.4, -0.2) is 145 Å². The molecule has 0 spiro atoms. The first-order valence-electron chi connectivity index (χ1n) is 14.0. The molecule has 2 amide bonds. The van der Waals surface area contributed by atoms with Crippen molar-refractivity contribution in [2.24, 2.45) is 5.73 Å². The van der Waals surface area contributed by atoms with Crippen molar-refractivity contribution < 1.29 is 77.8 Å². The average molecular weight is 649 g/mol. The van der Waals surface area contributed by atoms with Crippen LogP contribution in [-0.2, 0) is 49.3 Å². The normalized spacial score (nSPS) is 31.5. The molecule has 1 unspecified atom stereocenters. The summed E-state index contributed by atoms with van der Waals surface area (Å²) in [7, 11) is 0. The maximum atomic E-state index is 11.9. The summed E-state index contributed by atoms with van der Waals surface area (Å²) in [6, 6.07) is 9.12. The second-order valence-corrected chi connectivity index (χ2v) is 9.97. The van der Waals surface area contributed by atoms with Crippen LogP contribution < -0.4 is 11.1 Å². The van der Waals surface area contributed by atoms with Crippen molar-refractivity contribution in [1.82, 2.24) is 5.32 Å². The lowest BCUT2D eigenvalue weighted by molar-refractivity contribution is -0.367. The van der Waals surface area contributed by atoms with Crippen LogP contribution in [0.5, 0.6) is 0 Å². The maximum Gasteiger partial charge on any atom is 0.407 e. The average Bonchev–Trinajstić information content (AvgIpc) is 3.01. The third kappa shape index (κ3) is 10.7. The molecule has 0 aromatic heterocycles. The molecule has 18 nitrogen and oxygen atoms in total. The number of ether oxygens (including phenoxy) is 8. The highest BCUT2D eigenvalue weighted by Crippen LogP contribution is 2.32. The van der Waals surface area contributed by atoms with Crippen molar-refractivity contribution in [1.29, 1.82) is 0 Å². The van der Waals surface area contributed by atoms with Crippen LogP contribution in [0.15, 0.2) is 30.3 Å². The molecule has 3 rings (SSSR count). The second kappa shape index (κ2) is 18.1. The van der Waals surface area contributed by atoms with Crippen LogP contribution in [0.2, 0.25) is 0 Å². The summed E-state index contributed by atoms with van der Waals surface area (Å²) in [4.78, 5) is 35.1. The SMILES string of the molecule is CC(=O)O[C@H]1[C@H](O)[C@H](CO)O[C@@H](OCCOCCNC(=O)OCc2ccccc2)[C@H]1OC1O[C@H](CO)[C@@H](O)[C@H](OC(N)=O)[C@@H]1O. The van der Waals surface area contributed by atoms with Crippen molar-refractivity contribution in [2.75, 3.05) is 39.6 Å². The van der Waals surface area contributed by atoms with E-state index in [4.69, 9.17) is 43.6 Å². The number of primary amides is 1. The van der Waals surface area contributed by atoms with E-state index in [-0.39, 0.29) is 33.0 Å². The summed E-state index contributed by atoms with van der Waals surface area (Å²) in [6.07, 6.45) is -17.9. The summed E-state index contributed by atoms with van der Waals surface area (Å²) in [6.45, 7) is -0.322. The molecule has 254 valence electrons. The monoisotopic (exact) mass is 648 g/mol. The number of aliphatic hydroxyl groups is 5. The molecule has 8 N–H and O–H groups in total. The van der Waals surface area contributed by atoms with E-state index < -0.39 is 92.8 Å². The van der Waals surface area contributed by atoms with Gasteiger partial charge in [0.15, 0.2) is 30.9 Å². The first kappa shape index (κ1) is 36.3. The number of hydrogen-bond acceptors (Lipinski definition) is 16. The van der Waals surface area contributed by atoms with E-state index >= 15 is 0 Å². The van der Waals surface area contributed by atoms with Gasteiger partial charge in [-0.1, -0.05) is 30.3 Å². The highest BCUT2D eigenvalue weighted by atomic mass is 16.8. The number of hydrogen-bond donors (Lipinski definition) is 7. The van der Waals surface area contributed by atoms with Crippen LogP contribution >= 0.6 is 0 Å². The Morgan fingerprint density at radius 3 is 2.11 bits per heavy atom. The fourth-order valence-electron chi connectivity index (χ4n) is 4.56. The van der Waals surface area contributed by atoms with Gasteiger partial charge in [0, 0.05) is 13.5 Å². The maximum absolute atomic E-state index is 11.9. The van der Waals surface area contributed by atoms with Crippen molar-refractivity contribution in [3.8, 4) is 0 Å². The van der Waals surface area contributed by atoms with Gasteiger partial charge in [-0.25, -0.2) is 9.59 Å². The van der Waals surface area contributed by atoms with Crippen LogP contribution in [0.4, 0.5) is 9.59 Å². The highest BCUT2D eigenvalue weighted by molar-refractivity contribution is 5.67. The van der Waals surface area contributed by atoms with E-state index in [1.54, 1.807) is 0 Å². The van der Waals surface area contributed by atoms with Crippen LogP contribution in [0, 0.1) is 0 Å². The fourth-order valence-corrected chi connectivity index (χ4v) is 4.56. The number of benzene rings is 1. The number of carbonyl (C=O) groups is 3. The number of aliphatic hydroxyl groups excluding tert-OH is 5. The zero-order chi connectivity index (χ0) is 32.9. The predicted molar refractivity (Wildman–Crippen MR) is 146 cm³/mol. The van der Waals surface area contributed by atoms with Gasteiger partial charge in [0.05, 0.1) is 33.0 Å². The molecular formula is C27H40N2O16. The predicted octanol–water partition coefficient (Wildman–Crippen LogP) is -2.76. The number of alkyl carbamates (subject to hydrolysis) is 1. The van der Waals surface area contributed by atoms with Gasteiger partial charge < -0.3 is 74.5 Å². The Balaban J connectivity index is 1.58. The van der Waals surface area contributed by atoms with E-state index in [0.717, 1.165) is 12.5 Å².